The van der Waals surface area contributed by atoms with Gasteiger partial charge in [-0.1, -0.05) is 23.5 Å². The van der Waals surface area contributed by atoms with Gasteiger partial charge in [0.15, 0.2) is 16.6 Å². The Morgan fingerprint density at radius 1 is 1.14 bits per heavy atom. The van der Waals surface area contributed by atoms with Crippen molar-refractivity contribution in [2.75, 3.05) is 19.5 Å². The zero-order valence-electron chi connectivity index (χ0n) is 14.8. The molecule has 0 bridgehead atoms. The number of hydrogen-bond acceptors (Lipinski definition) is 5. The highest BCUT2D eigenvalue weighted by molar-refractivity contribution is 7.22. The van der Waals surface area contributed by atoms with Gasteiger partial charge < -0.3 is 9.47 Å². The highest BCUT2D eigenvalue weighted by atomic mass is 32.1. The summed E-state index contributed by atoms with van der Waals surface area (Å²) in [6.07, 6.45) is -1.70. The van der Waals surface area contributed by atoms with E-state index in [-0.39, 0.29) is 10.6 Å². The maximum Gasteiger partial charge on any atom is 0.418 e. The number of rotatable bonds is 5. The van der Waals surface area contributed by atoms with Crippen molar-refractivity contribution in [2.45, 2.75) is 6.18 Å². The van der Waals surface area contributed by atoms with Crippen LogP contribution in [-0.4, -0.2) is 25.1 Å². The number of halogens is 3. The fourth-order valence-electron chi connectivity index (χ4n) is 2.51. The maximum atomic E-state index is 13.1. The number of carbonyl (C=O) groups is 1. The fraction of sp³-hybridized carbons (Fsp3) is 0.158. The van der Waals surface area contributed by atoms with Gasteiger partial charge in [-0.05, 0) is 35.9 Å². The highest BCUT2D eigenvalue weighted by Crippen LogP contribution is 2.37. The maximum absolute atomic E-state index is 13.1. The van der Waals surface area contributed by atoms with Crippen molar-refractivity contribution < 1.29 is 27.4 Å². The van der Waals surface area contributed by atoms with E-state index >= 15 is 0 Å². The number of amides is 1. The van der Waals surface area contributed by atoms with Gasteiger partial charge in [-0.15, -0.1) is 0 Å². The lowest BCUT2D eigenvalue weighted by atomic mass is 10.2. The van der Waals surface area contributed by atoms with Crippen LogP contribution >= 0.6 is 11.3 Å². The first-order chi connectivity index (χ1) is 13.3. The summed E-state index contributed by atoms with van der Waals surface area (Å²) in [4.78, 5) is 16.0. The van der Waals surface area contributed by atoms with E-state index in [9.17, 15) is 18.0 Å². The molecule has 1 N–H and O–H groups in total. The number of ether oxygens (including phenoxy) is 2. The molecule has 3 rings (SSSR count). The second kappa shape index (κ2) is 7.89. The molecule has 0 unspecified atom stereocenters. The first-order valence-electron chi connectivity index (χ1n) is 7.99. The molecule has 0 saturated carbocycles. The standard InChI is InChI=1S/C19H15F3N2O3S/c1-26-13-8-6-11(10-14(13)27-2)7-9-16(25)23-18-24-17-12(19(20,21)22)4-3-5-15(17)28-18/h3-10H,1-2H3,(H,23,24,25)/b9-7+. The Morgan fingerprint density at radius 3 is 2.57 bits per heavy atom. The van der Waals surface area contributed by atoms with Crippen LogP contribution in [0.5, 0.6) is 11.5 Å². The lowest BCUT2D eigenvalue weighted by Gasteiger charge is -2.07. The van der Waals surface area contributed by atoms with Crippen molar-refractivity contribution in [3.8, 4) is 11.5 Å². The Labute approximate surface area is 162 Å². The molecule has 2 aromatic carbocycles. The van der Waals surface area contributed by atoms with Crippen LogP contribution in [-0.2, 0) is 11.0 Å². The van der Waals surface area contributed by atoms with Gasteiger partial charge in [-0.2, -0.15) is 13.2 Å². The van der Waals surface area contributed by atoms with Crippen molar-refractivity contribution in [2.24, 2.45) is 0 Å². The van der Waals surface area contributed by atoms with E-state index in [1.165, 1.54) is 32.4 Å². The van der Waals surface area contributed by atoms with E-state index in [1.807, 2.05) is 0 Å². The highest BCUT2D eigenvalue weighted by Gasteiger charge is 2.33. The number of nitrogens with one attached hydrogen (secondary N) is 1. The monoisotopic (exact) mass is 408 g/mol. The summed E-state index contributed by atoms with van der Waals surface area (Å²) in [6, 6.07) is 8.92. The van der Waals surface area contributed by atoms with Crippen LogP contribution in [0.15, 0.2) is 42.5 Å². The van der Waals surface area contributed by atoms with Crippen molar-refractivity contribution >= 4 is 38.7 Å². The van der Waals surface area contributed by atoms with Gasteiger partial charge in [-0.3, -0.25) is 10.1 Å². The molecule has 146 valence electrons. The number of methoxy groups -OCH3 is 2. The van der Waals surface area contributed by atoms with Gasteiger partial charge in [0.25, 0.3) is 0 Å². The summed E-state index contributed by atoms with van der Waals surface area (Å²) in [7, 11) is 3.02. The van der Waals surface area contributed by atoms with Gasteiger partial charge in [0.2, 0.25) is 5.91 Å². The Balaban J connectivity index is 1.77. The van der Waals surface area contributed by atoms with Crippen LogP contribution in [0.1, 0.15) is 11.1 Å². The van der Waals surface area contributed by atoms with Crippen LogP contribution < -0.4 is 14.8 Å². The zero-order valence-corrected chi connectivity index (χ0v) is 15.6. The van der Waals surface area contributed by atoms with Gasteiger partial charge in [0.1, 0.15) is 0 Å². The number of para-hydroxylation sites is 1. The molecule has 5 nitrogen and oxygen atoms in total. The zero-order chi connectivity index (χ0) is 20.3. The van der Waals surface area contributed by atoms with Crippen LogP contribution in [0.2, 0.25) is 0 Å². The summed E-state index contributed by atoms with van der Waals surface area (Å²) >= 11 is 0.975. The number of nitrogens with zero attached hydrogens (tertiary/aromatic N) is 1. The lowest BCUT2D eigenvalue weighted by Crippen LogP contribution is -2.08. The SMILES string of the molecule is COc1ccc(/C=C/C(=O)Nc2nc3c(C(F)(F)F)cccc3s2)cc1OC. The van der Waals surface area contributed by atoms with Crippen molar-refractivity contribution in [1.29, 1.82) is 0 Å². The number of aromatic nitrogens is 1. The largest absolute Gasteiger partial charge is 0.493 e. The quantitative estimate of drug-likeness (QED) is 0.605. The van der Waals surface area contributed by atoms with E-state index in [0.717, 1.165) is 17.4 Å². The molecule has 0 saturated heterocycles. The van der Waals surface area contributed by atoms with Gasteiger partial charge in [-0.25, -0.2) is 4.98 Å². The molecule has 0 spiro atoms. The Bertz CT molecular complexity index is 1040. The van der Waals surface area contributed by atoms with Crippen LogP contribution in [0.3, 0.4) is 0 Å². The van der Waals surface area contributed by atoms with Crippen LogP contribution in [0.4, 0.5) is 18.3 Å². The fourth-order valence-corrected chi connectivity index (χ4v) is 3.40. The molecule has 0 aliphatic carbocycles. The van der Waals surface area contributed by atoms with E-state index in [2.05, 4.69) is 10.3 Å². The summed E-state index contributed by atoms with van der Waals surface area (Å²) in [6.45, 7) is 0. The minimum Gasteiger partial charge on any atom is -0.493 e. The molecule has 9 heteroatoms. The summed E-state index contributed by atoms with van der Waals surface area (Å²) in [5.74, 6) is 0.553. The number of alkyl halides is 3. The molecule has 0 radical (unpaired) electrons. The van der Waals surface area contributed by atoms with Gasteiger partial charge in [0, 0.05) is 6.08 Å². The minimum atomic E-state index is -4.51. The van der Waals surface area contributed by atoms with E-state index in [0.29, 0.717) is 21.8 Å². The predicted molar refractivity (Wildman–Crippen MR) is 102 cm³/mol. The molecular weight excluding hydrogens is 393 g/mol. The summed E-state index contributed by atoms with van der Waals surface area (Å²) in [5, 5.41) is 2.58. The van der Waals surface area contributed by atoms with Crippen molar-refractivity contribution in [1.82, 2.24) is 4.98 Å². The minimum absolute atomic E-state index is 0.0914. The normalized spacial score (nSPS) is 11.8. The number of fused-ring (bicyclic) bond motifs is 1. The van der Waals surface area contributed by atoms with Crippen LogP contribution in [0, 0.1) is 0 Å². The summed E-state index contributed by atoms with van der Waals surface area (Å²) in [5.41, 5.74) is -0.321. The number of benzene rings is 2. The first-order valence-corrected chi connectivity index (χ1v) is 8.81. The Kier molecular flexibility index (Phi) is 5.55. The molecule has 3 aromatic rings. The third-order valence-electron chi connectivity index (χ3n) is 3.79. The van der Waals surface area contributed by atoms with Gasteiger partial charge >= 0.3 is 6.18 Å². The predicted octanol–water partition coefficient (Wildman–Crippen LogP) is 4.98. The van der Waals surface area contributed by atoms with Crippen molar-refractivity contribution in [3.05, 3.63) is 53.6 Å². The topological polar surface area (TPSA) is 60.5 Å². The molecule has 28 heavy (non-hydrogen) atoms. The molecule has 0 aliphatic heterocycles. The number of hydrogen-bond donors (Lipinski definition) is 1. The third kappa shape index (κ3) is 4.25. The Morgan fingerprint density at radius 2 is 1.89 bits per heavy atom. The van der Waals surface area contributed by atoms with Gasteiger partial charge in [0.05, 0.1) is 30.0 Å². The number of thiazole rings is 1. The average molecular weight is 408 g/mol. The second-order valence-electron chi connectivity index (χ2n) is 5.61. The van der Waals surface area contributed by atoms with E-state index in [4.69, 9.17) is 9.47 Å². The molecule has 0 fully saturated rings. The van der Waals surface area contributed by atoms with Crippen LogP contribution in [0.25, 0.3) is 16.3 Å². The summed E-state index contributed by atoms with van der Waals surface area (Å²) < 4.78 is 49.9. The number of anilines is 1. The molecule has 1 amide bonds. The van der Waals surface area contributed by atoms with Crippen molar-refractivity contribution in [3.63, 3.8) is 0 Å². The smallest absolute Gasteiger partial charge is 0.418 e. The molecule has 0 atom stereocenters. The molecular formula is C19H15F3N2O3S. The van der Waals surface area contributed by atoms with E-state index < -0.39 is 17.6 Å². The third-order valence-corrected chi connectivity index (χ3v) is 4.73. The lowest BCUT2D eigenvalue weighted by molar-refractivity contribution is -0.136. The second-order valence-corrected chi connectivity index (χ2v) is 6.64. The first kappa shape index (κ1) is 19.7. The Hall–Kier alpha value is -3.07. The molecule has 0 aliphatic rings. The van der Waals surface area contributed by atoms with E-state index in [1.54, 1.807) is 24.3 Å². The molecule has 1 heterocycles. The number of carbonyl (C=O) groups excluding carboxylic acids is 1. The molecule has 1 aromatic heterocycles. The average Bonchev–Trinajstić information content (AvgIpc) is 3.07.